The Hall–Kier alpha value is -1.18. The van der Waals surface area contributed by atoms with E-state index >= 15 is 0 Å². The van der Waals surface area contributed by atoms with Crippen LogP contribution in [0.5, 0.6) is 0 Å². The highest BCUT2D eigenvalue weighted by molar-refractivity contribution is 7.78. The summed E-state index contributed by atoms with van der Waals surface area (Å²) in [5.41, 5.74) is 3.94. The summed E-state index contributed by atoms with van der Waals surface area (Å²) in [5.74, 6) is 0. The average Bonchev–Trinajstić information content (AvgIpc) is 2.07. The molecule has 0 aliphatic rings. The van der Waals surface area contributed by atoms with Crippen LogP contribution in [0.25, 0.3) is 0 Å². The van der Waals surface area contributed by atoms with Crippen LogP contribution in [0.2, 0.25) is 0 Å². The maximum absolute atomic E-state index is 4.39. The van der Waals surface area contributed by atoms with Crippen molar-refractivity contribution in [3.8, 4) is 0 Å². The van der Waals surface area contributed by atoms with Crippen LogP contribution in [0.4, 0.5) is 0 Å². The van der Waals surface area contributed by atoms with Gasteiger partial charge in [0.25, 0.3) is 0 Å². The lowest BCUT2D eigenvalue weighted by Gasteiger charge is -1.96. The van der Waals surface area contributed by atoms with Crippen LogP contribution in [-0.2, 0) is 6.54 Å². The van der Waals surface area contributed by atoms with Crippen LogP contribution < -0.4 is 5.43 Å². The van der Waals surface area contributed by atoms with Crippen molar-refractivity contribution in [3.05, 3.63) is 35.9 Å². The van der Waals surface area contributed by atoms with Crippen LogP contribution in [0.3, 0.4) is 0 Å². The molecular formula is C8H8N2S. The summed E-state index contributed by atoms with van der Waals surface area (Å²) in [4.78, 5) is 0. The SMILES string of the molecule is S=C=NNCc1ccccc1. The largest absolute Gasteiger partial charge is 0.297 e. The summed E-state index contributed by atoms with van der Waals surface area (Å²) in [6, 6.07) is 9.99. The summed E-state index contributed by atoms with van der Waals surface area (Å²) in [6.07, 6.45) is 0. The Balaban J connectivity index is 2.45. The minimum absolute atomic E-state index is 0.699. The molecule has 0 fully saturated rings. The van der Waals surface area contributed by atoms with Crippen molar-refractivity contribution in [1.29, 1.82) is 0 Å². The van der Waals surface area contributed by atoms with Crippen LogP contribution in [0.1, 0.15) is 5.56 Å². The maximum atomic E-state index is 4.39. The van der Waals surface area contributed by atoms with Gasteiger partial charge in [-0.25, -0.2) is 0 Å². The number of thiocarbonyl (C=S) groups is 1. The van der Waals surface area contributed by atoms with Gasteiger partial charge in [0.15, 0.2) is 0 Å². The second kappa shape index (κ2) is 4.61. The Morgan fingerprint density at radius 1 is 1.36 bits per heavy atom. The van der Waals surface area contributed by atoms with E-state index in [1.807, 2.05) is 30.3 Å². The highest BCUT2D eigenvalue weighted by atomic mass is 32.1. The topological polar surface area (TPSA) is 24.4 Å². The van der Waals surface area contributed by atoms with E-state index in [1.54, 1.807) is 0 Å². The van der Waals surface area contributed by atoms with Crippen LogP contribution >= 0.6 is 12.2 Å². The Bertz CT molecular complexity index is 252. The van der Waals surface area contributed by atoms with Gasteiger partial charge in [-0.2, -0.15) is 0 Å². The summed E-state index contributed by atoms with van der Waals surface area (Å²) < 4.78 is 0. The van der Waals surface area contributed by atoms with Gasteiger partial charge in [0.2, 0.25) is 0 Å². The van der Waals surface area contributed by atoms with Crippen LogP contribution in [-0.4, -0.2) is 5.16 Å². The van der Waals surface area contributed by atoms with Crippen LogP contribution in [0, 0.1) is 0 Å². The monoisotopic (exact) mass is 164 g/mol. The molecule has 0 aliphatic heterocycles. The number of hydrazone groups is 1. The van der Waals surface area contributed by atoms with Crippen molar-refractivity contribution < 1.29 is 0 Å². The molecule has 0 unspecified atom stereocenters. The zero-order chi connectivity index (χ0) is 7.94. The number of nitrogens with one attached hydrogen (secondary N) is 1. The zero-order valence-corrected chi connectivity index (χ0v) is 6.77. The van der Waals surface area contributed by atoms with Crippen molar-refractivity contribution in [2.75, 3.05) is 0 Å². The van der Waals surface area contributed by atoms with Gasteiger partial charge in [0.1, 0.15) is 0 Å². The van der Waals surface area contributed by atoms with E-state index in [2.05, 4.69) is 27.9 Å². The Labute approximate surface area is 70.9 Å². The summed E-state index contributed by atoms with van der Waals surface area (Å²) in [5, 5.41) is 5.82. The van der Waals surface area contributed by atoms with Crippen molar-refractivity contribution in [3.63, 3.8) is 0 Å². The summed E-state index contributed by atoms with van der Waals surface area (Å²) in [6.45, 7) is 0.699. The van der Waals surface area contributed by atoms with E-state index < -0.39 is 0 Å². The molecule has 56 valence electrons. The van der Waals surface area contributed by atoms with E-state index in [0.29, 0.717) is 6.54 Å². The molecule has 0 radical (unpaired) electrons. The lowest BCUT2D eigenvalue weighted by atomic mass is 10.2. The first-order valence-corrected chi connectivity index (χ1v) is 3.68. The van der Waals surface area contributed by atoms with E-state index in [0.717, 1.165) is 0 Å². The number of hydrogen-bond donors (Lipinski definition) is 1. The molecule has 0 spiro atoms. The van der Waals surface area contributed by atoms with E-state index in [9.17, 15) is 0 Å². The molecule has 0 atom stereocenters. The van der Waals surface area contributed by atoms with Gasteiger partial charge in [-0.05, 0) is 17.8 Å². The van der Waals surface area contributed by atoms with E-state index in [4.69, 9.17) is 0 Å². The smallest absolute Gasteiger partial charge is 0.0844 e. The highest BCUT2D eigenvalue weighted by Crippen LogP contribution is 1.96. The normalized spacial score (nSPS) is 8.36. The molecule has 1 aromatic rings. The molecule has 11 heavy (non-hydrogen) atoms. The maximum Gasteiger partial charge on any atom is 0.0844 e. The van der Waals surface area contributed by atoms with E-state index in [1.165, 1.54) is 5.56 Å². The molecule has 0 aromatic heterocycles. The van der Waals surface area contributed by atoms with Gasteiger partial charge in [0, 0.05) is 0 Å². The quantitative estimate of drug-likeness (QED) is 0.418. The molecular weight excluding hydrogens is 156 g/mol. The molecule has 0 bridgehead atoms. The van der Waals surface area contributed by atoms with Gasteiger partial charge in [-0.3, -0.25) is 5.43 Å². The lowest BCUT2D eigenvalue weighted by molar-refractivity contribution is 0.750. The number of hydrogen-bond acceptors (Lipinski definition) is 3. The molecule has 0 heterocycles. The van der Waals surface area contributed by atoms with Crippen molar-refractivity contribution >= 4 is 17.4 Å². The molecule has 2 nitrogen and oxygen atoms in total. The van der Waals surface area contributed by atoms with Gasteiger partial charge in [-0.1, -0.05) is 30.3 Å². The molecule has 1 rings (SSSR count). The summed E-state index contributed by atoms with van der Waals surface area (Å²) >= 11 is 4.39. The average molecular weight is 164 g/mol. The predicted molar refractivity (Wildman–Crippen MR) is 48.3 cm³/mol. The third-order valence-corrected chi connectivity index (χ3v) is 1.34. The molecule has 0 amide bonds. The molecule has 0 saturated heterocycles. The molecule has 1 N–H and O–H groups in total. The molecule has 1 aromatic carbocycles. The molecule has 0 saturated carbocycles. The second-order valence-corrected chi connectivity index (χ2v) is 2.21. The first-order valence-electron chi connectivity index (χ1n) is 3.27. The van der Waals surface area contributed by atoms with Gasteiger partial charge < -0.3 is 0 Å². The minimum atomic E-state index is 0.699. The standard InChI is InChI=1S/C8H8N2S/c11-7-10-9-6-8-4-2-1-3-5-8/h1-5,9H,6H2. The van der Waals surface area contributed by atoms with Crippen LogP contribution in [0.15, 0.2) is 35.4 Å². The number of isothiocyanates is 1. The minimum Gasteiger partial charge on any atom is -0.297 e. The second-order valence-electron chi connectivity index (χ2n) is 2.02. The van der Waals surface area contributed by atoms with Crippen molar-refractivity contribution in [2.24, 2.45) is 5.10 Å². The fraction of sp³-hybridized carbons (Fsp3) is 0.125. The highest BCUT2D eigenvalue weighted by Gasteiger charge is 1.85. The Morgan fingerprint density at radius 2 is 2.09 bits per heavy atom. The van der Waals surface area contributed by atoms with E-state index in [-0.39, 0.29) is 0 Å². The Morgan fingerprint density at radius 3 is 2.73 bits per heavy atom. The van der Waals surface area contributed by atoms with Gasteiger partial charge >= 0.3 is 0 Å². The zero-order valence-electron chi connectivity index (χ0n) is 5.95. The van der Waals surface area contributed by atoms with Crippen molar-refractivity contribution in [2.45, 2.75) is 6.54 Å². The van der Waals surface area contributed by atoms with Crippen molar-refractivity contribution in [1.82, 2.24) is 5.43 Å². The third kappa shape index (κ3) is 2.94. The third-order valence-electron chi connectivity index (χ3n) is 1.25. The predicted octanol–water partition coefficient (Wildman–Crippen LogP) is 1.79. The molecule has 3 heteroatoms. The number of benzene rings is 1. The first kappa shape index (κ1) is 7.92. The first-order chi connectivity index (χ1) is 5.43. The number of rotatable bonds is 3. The Kier molecular flexibility index (Phi) is 3.32. The lowest BCUT2D eigenvalue weighted by Crippen LogP contribution is -2.03. The van der Waals surface area contributed by atoms with Gasteiger partial charge in [0.05, 0.1) is 11.7 Å². The summed E-state index contributed by atoms with van der Waals surface area (Å²) in [7, 11) is 0. The fourth-order valence-corrected chi connectivity index (χ4v) is 0.824. The fourth-order valence-electron chi connectivity index (χ4n) is 0.759. The van der Waals surface area contributed by atoms with Gasteiger partial charge in [-0.15, -0.1) is 5.10 Å². The number of nitrogens with zero attached hydrogens (tertiary/aromatic N) is 1. The molecule has 0 aliphatic carbocycles.